The number of Topliss-reactive ketones (excluding diaryl/α,β-unsaturated/α-hetero) is 1. The summed E-state index contributed by atoms with van der Waals surface area (Å²) in [7, 11) is 0. The van der Waals surface area contributed by atoms with Gasteiger partial charge in [0.05, 0.1) is 6.20 Å². The first kappa shape index (κ1) is 12.3. The maximum absolute atomic E-state index is 11.4. The number of aryl methyl sites for hydroxylation is 1. The minimum atomic E-state index is 0.241. The molecule has 0 N–H and O–H groups in total. The lowest BCUT2D eigenvalue weighted by Crippen LogP contribution is -2.37. The van der Waals surface area contributed by atoms with E-state index in [1.54, 1.807) is 6.92 Å². The van der Waals surface area contributed by atoms with Gasteiger partial charge >= 0.3 is 0 Å². The number of piperidine rings is 1. The van der Waals surface area contributed by atoms with Crippen LogP contribution in [0.4, 0.5) is 0 Å². The van der Waals surface area contributed by atoms with E-state index in [9.17, 15) is 4.79 Å². The van der Waals surface area contributed by atoms with Crippen molar-refractivity contribution in [2.75, 3.05) is 13.1 Å². The first-order chi connectivity index (χ1) is 8.19. The van der Waals surface area contributed by atoms with Crippen LogP contribution in [0, 0.1) is 5.92 Å². The van der Waals surface area contributed by atoms with Crippen LogP contribution in [0.1, 0.15) is 32.3 Å². The smallest absolute Gasteiger partial charge is 0.134 e. The summed E-state index contributed by atoms with van der Waals surface area (Å²) in [6, 6.07) is 0. The second-order valence-electron chi connectivity index (χ2n) is 4.89. The van der Waals surface area contributed by atoms with Crippen LogP contribution < -0.4 is 0 Å². The molecule has 0 radical (unpaired) electrons. The van der Waals surface area contributed by atoms with Crippen molar-refractivity contribution in [3.05, 3.63) is 18.0 Å². The molecule has 1 fully saturated rings. The summed E-state index contributed by atoms with van der Waals surface area (Å²) in [4.78, 5) is 13.8. The fourth-order valence-electron chi connectivity index (χ4n) is 2.45. The number of carbonyl (C=O) groups excluding carboxylic acids is 1. The third-order valence-electron chi connectivity index (χ3n) is 3.50. The molecule has 17 heavy (non-hydrogen) atoms. The van der Waals surface area contributed by atoms with Crippen molar-refractivity contribution in [2.24, 2.45) is 5.92 Å². The number of rotatable bonds is 4. The Balaban J connectivity index is 1.92. The van der Waals surface area contributed by atoms with Crippen LogP contribution in [-0.4, -0.2) is 33.6 Å². The highest BCUT2D eigenvalue weighted by molar-refractivity contribution is 5.78. The summed E-state index contributed by atoms with van der Waals surface area (Å²) in [5, 5.41) is 4.28. The average Bonchev–Trinajstić information content (AvgIpc) is 2.77. The van der Waals surface area contributed by atoms with Gasteiger partial charge in [0.25, 0.3) is 0 Å². The Morgan fingerprint density at radius 2 is 2.41 bits per heavy atom. The van der Waals surface area contributed by atoms with Crippen LogP contribution >= 0.6 is 0 Å². The van der Waals surface area contributed by atoms with Gasteiger partial charge in [-0.25, -0.2) is 0 Å². The van der Waals surface area contributed by atoms with Crippen LogP contribution in [0.15, 0.2) is 12.4 Å². The quantitative estimate of drug-likeness (QED) is 0.797. The fourth-order valence-corrected chi connectivity index (χ4v) is 2.45. The molecule has 4 nitrogen and oxygen atoms in total. The third kappa shape index (κ3) is 3.16. The van der Waals surface area contributed by atoms with Gasteiger partial charge in [-0.15, -0.1) is 0 Å². The highest BCUT2D eigenvalue weighted by Crippen LogP contribution is 2.19. The molecule has 1 aliphatic rings. The third-order valence-corrected chi connectivity index (χ3v) is 3.50. The second kappa shape index (κ2) is 5.45. The number of carbonyl (C=O) groups is 1. The highest BCUT2D eigenvalue weighted by atomic mass is 16.1. The van der Waals surface area contributed by atoms with Gasteiger partial charge in [0.2, 0.25) is 0 Å². The lowest BCUT2D eigenvalue weighted by molar-refractivity contribution is -0.122. The Labute approximate surface area is 103 Å². The standard InChI is InChI=1S/C13H21N3O/c1-3-16-9-12(7-14-16)8-15-6-4-5-13(10-15)11(2)17/h7,9,13H,3-6,8,10H2,1-2H3. The second-order valence-corrected chi connectivity index (χ2v) is 4.89. The zero-order valence-electron chi connectivity index (χ0n) is 10.7. The maximum atomic E-state index is 11.4. The van der Waals surface area contributed by atoms with Gasteiger partial charge < -0.3 is 0 Å². The van der Waals surface area contributed by atoms with E-state index in [0.717, 1.165) is 39.0 Å². The number of ketones is 1. The highest BCUT2D eigenvalue weighted by Gasteiger charge is 2.23. The fraction of sp³-hybridized carbons (Fsp3) is 0.692. The van der Waals surface area contributed by atoms with Crippen LogP contribution in [0.25, 0.3) is 0 Å². The Bertz CT molecular complexity index is 386. The number of likely N-dealkylation sites (tertiary alicyclic amines) is 1. The predicted molar refractivity (Wildman–Crippen MR) is 66.6 cm³/mol. The normalized spacial score (nSPS) is 21.6. The Morgan fingerprint density at radius 1 is 1.59 bits per heavy atom. The van der Waals surface area contributed by atoms with E-state index in [2.05, 4.69) is 23.1 Å². The molecule has 94 valence electrons. The molecule has 0 aromatic carbocycles. The average molecular weight is 235 g/mol. The minimum absolute atomic E-state index is 0.241. The molecule has 0 aliphatic carbocycles. The van der Waals surface area contributed by atoms with E-state index in [-0.39, 0.29) is 5.92 Å². The van der Waals surface area contributed by atoms with Gasteiger partial charge in [0, 0.05) is 37.3 Å². The molecule has 1 aromatic rings. The molecule has 0 amide bonds. The topological polar surface area (TPSA) is 38.1 Å². The van der Waals surface area contributed by atoms with Crippen molar-refractivity contribution < 1.29 is 4.79 Å². The summed E-state index contributed by atoms with van der Waals surface area (Å²) >= 11 is 0. The van der Waals surface area contributed by atoms with Crippen molar-refractivity contribution in [3.8, 4) is 0 Å². The van der Waals surface area contributed by atoms with Crippen molar-refractivity contribution in [1.82, 2.24) is 14.7 Å². The zero-order valence-corrected chi connectivity index (χ0v) is 10.7. The molecule has 1 aromatic heterocycles. The van der Waals surface area contributed by atoms with E-state index < -0.39 is 0 Å². The first-order valence-electron chi connectivity index (χ1n) is 6.43. The molecule has 1 aliphatic heterocycles. The summed E-state index contributed by atoms with van der Waals surface area (Å²) in [6.45, 7) is 7.64. The van der Waals surface area contributed by atoms with E-state index in [0.29, 0.717) is 5.78 Å². The Morgan fingerprint density at radius 3 is 3.06 bits per heavy atom. The zero-order chi connectivity index (χ0) is 12.3. The van der Waals surface area contributed by atoms with Crippen molar-refractivity contribution in [2.45, 2.75) is 39.8 Å². The van der Waals surface area contributed by atoms with Crippen LogP contribution in [0.2, 0.25) is 0 Å². The molecular weight excluding hydrogens is 214 g/mol. The van der Waals surface area contributed by atoms with Gasteiger partial charge in [-0.05, 0) is 33.2 Å². The van der Waals surface area contributed by atoms with E-state index in [1.807, 2.05) is 10.9 Å². The number of hydrogen-bond donors (Lipinski definition) is 0. The molecule has 0 saturated carbocycles. The molecular formula is C13H21N3O. The summed E-state index contributed by atoms with van der Waals surface area (Å²) in [5.74, 6) is 0.573. The van der Waals surface area contributed by atoms with E-state index in [4.69, 9.17) is 0 Å². The Hall–Kier alpha value is -1.16. The number of nitrogens with zero attached hydrogens (tertiary/aromatic N) is 3. The minimum Gasteiger partial charge on any atom is -0.300 e. The molecule has 2 heterocycles. The summed E-state index contributed by atoms with van der Waals surface area (Å²) in [6.07, 6.45) is 6.21. The maximum Gasteiger partial charge on any atom is 0.134 e. The monoisotopic (exact) mass is 235 g/mol. The first-order valence-corrected chi connectivity index (χ1v) is 6.43. The SMILES string of the molecule is CCn1cc(CN2CCCC(C(C)=O)C2)cn1. The van der Waals surface area contributed by atoms with Gasteiger partial charge in [-0.2, -0.15) is 5.10 Å². The van der Waals surface area contributed by atoms with E-state index >= 15 is 0 Å². The van der Waals surface area contributed by atoms with Gasteiger partial charge in [0.1, 0.15) is 5.78 Å². The molecule has 2 rings (SSSR count). The van der Waals surface area contributed by atoms with Crippen LogP contribution in [0.3, 0.4) is 0 Å². The molecule has 0 spiro atoms. The van der Waals surface area contributed by atoms with Crippen molar-refractivity contribution in [3.63, 3.8) is 0 Å². The molecule has 0 bridgehead atoms. The largest absolute Gasteiger partial charge is 0.300 e. The molecule has 4 heteroatoms. The molecule has 1 saturated heterocycles. The van der Waals surface area contributed by atoms with Gasteiger partial charge in [0.15, 0.2) is 0 Å². The van der Waals surface area contributed by atoms with Crippen molar-refractivity contribution in [1.29, 1.82) is 0 Å². The summed E-state index contributed by atoms with van der Waals surface area (Å²) < 4.78 is 1.95. The predicted octanol–water partition coefficient (Wildman–Crippen LogP) is 1.70. The lowest BCUT2D eigenvalue weighted by Gasteiger charge is -2.31. The van der Waals surface area contributed by atoms with Gasteiger partial charge in [-0.1, -0.05) is 0 Å². The van der Waals surface area contributed by atoms with Gasteiger partial charge in [-0.3, -0.25) is 14.4 Å². The number of hydrogen-bond acceptors (Lipinski definition) is 3. The Kier molecular flexibility index (Phi) is 3.94. The lowest BCUT2D eigenvalue weighted by atomic mass is 9.94. The van der Waals surface area contributed by atoms with E-state index in [1.165, 1.54) is 5.56 Å². The van der Waals surface area contributed by atoms with Crippen LogP contribution in [-0.2, 0) is 17.9 Å². The molecule has 1 atom stereocenters. The summed E-state index contributed by atoms with van der Waals surface area (Å²) in [5.41, 5.74) is 1.25. The number of aromatic nitrogens is 2. The molecule has 1 unspecified atom stereocenters. The van der Waals surface area contributed by atoms with Crippen LogP contribution in [0.5, 0.6) is 0 Å². The van der Waals surface area contributed by atoms with Crippen molar-refractivity contribution >= 4 is 5.78 Å².